The molecule has 21 heavy (non-hydrogen) atoms. The Bertz CT molecular complexity index is 540. The molecule has 3 N–H and O–H groups in total. The molecule has 0 aromatic heterocycles. The quantitative estimate of drug-likeness (QED) is 0.848. The number of nitrogens with one attached hydrogen (secondary N) is 1. The Labute approximate surface area is 128 Å². The van der Waals surface area contributed by atoms with Gasteiger partial charge in [-0.3, -0.25) is 0 Å². The van der Waals surface area contributed by atoms with Crippen molar-refractivity contribution in [2.75, 3.05) is 6.54 Å². The summed E-state index contributed by atoms with van der Waals surface area (Å²) < 4.78 is 27.1. The molecule has 1 aromatic rings. The first-order valence-electron chi connectivity index (χ1n) is 7.80. The highest BCUT2D eigenvalue weighted by atomic mass is 32.2. The minimum Gasteiger partial charge on any atom is -0.326 e. The molecule has 0 heterocycles. The van der Waals surface area contributed by atoms with E-state index >= 15 is 0 Å². The maximum atomic E-state index is 12.2. The molecule has 4 nitrogen and oxygen atoms in total. The van der Waals surface area contributed by atoms with Gasteiger partial charge in [0.2, 0.25) is 10.0 Å². The summed E-state index contributed by atoms with van der Waals surface area (Å²) in [7, 11) is -3.39. The third-order valence-corrected chi connectivity index (χ3v) is 5.84. The molecule has 0 spiro atoms. The molecule has 0 amide bonds. The average molecular weight is 310 g/mol. The van der Waals surface area contributed by atoms with Crippen LogP contribution in [0, 0.1) is 11.8 Å². The average Bonchev–Trinajstić information content (AvgIpc) is 2.47. The van der Waals surface area contributed by atoms with Gasteiger partial charge in [0.1, 0.15) is 0 Å². The summed E-state index contributed by atoms with van der Waals surface area (Å²) in [5.41, 5.74) is 6.45. The monoisotopic (exact) mass is 310 g/mol. The van der Waals surface area contributed by atoms with Crippen molar-refractivity contribution in [3.05, 3.63) is 29.8 Å². The molecule has 5 heteroatoms. The molecule has 1 aliphatic carbocycles. The van der Waals surface area contributed by atoms with Gasteiger partial charge in [0, 0.05) is 13.1 Å². The van der Waals surface area contributed by atoms with Crippen LogP contribution in [0.2, 0.25) is 0 Å². The summed E-state index contributed by atoms with van der Waals surface area (Å²) in [5.74, 6) is 1.44. The van der Waals surface area contributed by atoms with Crippen LogP contribution in [0.15, 0.2) is 29.2 Å². The molecular weight excluding hydrogens is 284 g/mol. The fraction of sp³-hybridized carbons (Fsp3) is 0.625. The van der Waals surface area contributed by atoms with Crippen LogP contribution in [0.4, 0.5) is 0 Å². The Hall–Kier alpha value is -0.910. The Morgan fingerprint density at radius 3 is 2.57 bits per heavy atom. The number of nitrogens with two attached hydrogens (primary N) is 1. The normalized spacial score (nSPS) is 23.1. The van der Waals surface area contributed by atoms with Crippen LogP contribution >= 0.6 is 0 Å². The first-order chi connectivity index (χ1) is 10.0. The van der Waals surface area contributed by atoms with Crippen LogP contribution in [0.3, 0.4) is 0 Å². The van der Waals surface area contributed by atoms with Crippen molar-refractivity contribution in [2.24, 2.45) is 17.6 Å². The van der Waals surface area contributed by atoms with Crippen molar-refractivity contribution in [1.29, 1.82) is 0 Å². The lowest BCUT2D eigenvalue weighted by atomic mass is 9.81. The molecule has 0 radical (unpaired) electrons. The van der Waals surface area contributed by atoms with Gasteiger partial charge in [0.25, 0.3) is 0 Å². The number of hydrogen-bond donors (Lipinski definition) is 2. The highest BCUT2D eigenvalue weighted by Crippen LogP contribution is 2.30. The Balaban J connectivity index is 1.85. The second kappa shape index (κ2) is 7.38. The van der Waals surface area contributed by atoms with Gasteiger partial charge in [-0.1, -0.05) is 38.3 Å². The number of benzene rings is 1. The fourth-order valence-electron chi connectivity index (χ4n) is 3.11. The highest BCUT2D eigenvalue weighted by Gasteiger charge is 2.20. The second-order valence-electron chi connectivity index (χ2n) is 6.17. The number of sulfonamides is 1. The van der Waals surface area contributed by atoms with Crippen LogP contribution in [-0.4, -0.2) is 15.0 Å². The molecule has 118 valence electrons. The van der Waals surface area contributed by atoms with Gasteiger partial charge < -0.3 is 5.73 Å². The maximum absolute atomic E-state index is 12.2. The topological polar surface area (TPSA) is 72.2 Å². The number of hydrogen-bond acceptors (Lipinski definition) is 3. The van der Waals surface area contributed by atoms with Gasteiger partial charge in [0.05, 0.1) is 4.90 Å². The molecule has 0 bridgehead atoms. The van der Waals surface area contributed by atoms with E-state index in [1.54, 1.807) is 24.3 Å². The molecule has 1 aliphatic rings. The molecule has 1 fully saturated rings. The molecule has 2 unspecified atom stereocenters. The molecule has 2 atom stereocenters. The first-order valence-corrected chi connectivity index (χ1v) is 9.28. The van der Waals surface area contributed by atoms with E-state index in [4.69, 9.17) is 5.73 Å². The zero-order chi connectivity index (χ0) is 15.3. The van der Waals surface area contributed by atoms with Gasteiger partial charge in [-0.2, -0.15) is 0 Å². The highest BCUT2D eigenvalue weighted by molar-refractivity contribution is 7.89. The maximum Gasteiger partial charge on any atom is 0.240 e. The molecule has 0 saturated heterocycles. The van der Waals surface area contributed by atoms with Gasteiger partial charge in [-0.15, -0.1) is 0 Å². The summed E-state index contributed by atoms with van der Waals surface area (Å²) >= 11 is 0. The van der Waals surface area contributed by atoms with Crippen LogP contribution in [0.5, 0.6) is 0 Å². The lowest BCUT2D eigenvalue weighted by Gasteiger charge is -2.26. The minimum atomic E-state index is -3.39. The third-order valence-electron chi connectivity index (χ3n) is 4.36. The van der Waals surface area contributed by atoms with Crippen LogP contribution in [-0.2, 0) is 16.6 Å². The van der Waals surface area contributed by atoms with Gasteiger partial charge in [-0.05, 0) is 42.4 Å². The van der Waals surface area contributed by atoms with E-state index < -0.39 is 10.0 Å². The largest absolute Gasteiger partial charge is 0.326 e. The summed E-state index contributed by atoms with van der Waals surface area (Å²) in [6.45, 7) is 3.24. The molecule has 0 aliphatic heterocycles. The van der Waals surface area contributed by atoms with Crippen LogP contribution in [0.25, 0.3) is 0 Å². The van der Waals surface area contributed by atoms with Crippen molar-refractivity contribution in [3.63, 3.8) is 0 Å². The first kappa shape index (κ1) is 16.5. The zero-order valence-electron chi connectivity index (χ0n) is 12.7. The van der Waals surface area contributed by atoms with Crippen molar-refractivity contribution >= 4 is 10.0 Å². The van der Waals surface area contributed by atoms with E-state index in [2.05, 4.69) is 11.6 Å². The van der Waals surface area contributed by atoms with Crippen molar-refractivity contribution in [3.8, 4) is 0 Å². The molecule has 1 aromatic carbocycles. The van der Waals surface area contributed by atoms with E-state index in [-0.39, 0.29) is 0 Å². The second-order valence-corrected chi connectivity index (χ2v) is 7.94. The Morgan fingerprint density at radius 2 is 1.95 bits per heavy atom. The zero-order valence-corrected chi connectivity index (χ0v) is 13.5. The van der Waals surface area contributed by atoms with E-state index in [0.29, 0.717) is 23.9 Å². The predicted molar refractivity (Wildman–Crippen MR) is 85.3 cm³/mol. The lowest BCUT2D eigenvalue weighted by molar-refractivity contribution is 0.271. The van der Waals surface area contributed by atoms with Gasteiger partial charge in [0.15, 0.2) is 0 Å². The predicted octanol–water partition coefficient (Wildman–Crippen LogP) is 2.64. The SMILES string of the molecule is CC1CCCC(CCNS(=O)(=O)c2ccc(CN)cc2)C1. The van der Waals surface area contributed by atoms with E-state index in [1.807, 2.05) is 0 Å². The summed E-state index contributed by atoms with van der Waals surface area (Å²) in [5, 5.41) is 0. The molecule has 2 rings (SSSR count). The number of rotatable bonds is 6. The summed E-state index contributed by atoms with van der Waals surface area (Å²) in [4.78, 5) is 0.316. The third kappa shape index (κ3) is 4.80. The fourth-order valence-corrected chi connectivity index (χ4v) is 4.15. The Kier molecular flexibility index (Phi) is 5.79. The van der Waals surface area contributed by atoms with Crippen LogP contribution < -0.4 is 10.5 Å². The minimum absolute atomic E-state index is 0.316. The molecular formula is C16H26N2O2S. The Morgan fingerprint density at radius 1 is 1.24 bits per heavy atom. The lowest BCUT2D eigenvalue weighted by Crippen LogP contribution is -2.27. The van der Waals surface area contributed by atoms with Gasteiger partial charge in [-0.25, -0.2) is 13.1 Å². The van der Waals surface area contributed by atoms with Crippen LogP contribution in [0.1, 0.15) is 44.6 Å². The molecule has 1 saturated carbocycles. The van der Waals surface area contributed by atoms with E-state index in [0.717, 1.165) is 17.9 Å². The van der Waals surface area contributed by atoms with Crippen molar-refractivity contribution < 1.29 is 8.42 Å². The van der Waals surface area contributed by atoms with E-state index in [9.17, 15) is 8.42 Å². The van der Waals surface area contributed by atoms with E-state index in [1.165, 1.54) is 25.7 Å². The summed E-state index contributed by atoms with van der Waals surface area (Å²) in [6.07, 6.45) is 5.99. The van der Waals surface area contributed by atoms with Crippen molar-refractivity contribution in [1.82, 2.24) is 4.72 Å². The smallest absolute Gasteiger partial charge is 0.240 e. The standard InChI is InChI=1S/C16H26N2O2S/c1-13-3-2-4-14(11-13)9-10-18-21(19,20)16-7-5-15(12-17)6-8-16/h5-8,13-14,18H,2-4,9-12,17H2,1H3. The summed E-state index contributed by atoms with van der Waals surface area (Å²) in [6, 6.07) is 6.76. The van der Waals surface area contributed by atoms with Gasteiger partial charge >= 0.3 is 0 Å². The van der Waals surface area contributed by atoms with Crippen molar-refractivity contribution in [2.45, 2.75) is 50.5 Å².